The van der Waals surface area contributed by atoms with E-state index in [1.165, 1.54) is 5.56 Å². The molecule has 1 heterocycles. The minimum atomic E-state index is 0.328. The Morgan fingerprint density at radius 3 is 2.58 bits per heavy atom. The number of piperidine rings is 1. The number of ether oxygens (including phenoxy) is 1. The summed E-state index contributed by atoms with van der Waals surface area (Å²) in [7, 11) is 0. The van der Waals surface area contributed by atoms with Crippen LogP contribution < -0.4 is 4.74 Å². The lowest BCUT2D eigenvalue weighted by molar-refractivity contribution is 0.173. The predicted molar refractivity (Wildman–Crippen MR) is 93.2 cm³/mol. The summed E-state index contributed by atoms with van der Waals surface area (Å²) in [5.41, 5.74) is 1.94. The topological polar surface area (TPSA) is 56.5 Å². The predicted octanol–water partition coefficient (Wildman–Crippen LogP) is 3.52. The van der Waals surface area contributed by atoms with E-state index in [9.17, 15) is 5.11 Å². The molecule has 0 unspecified atom stereocenters. The molecule has 24 heavy (non-hydrogen) atoms. The summed E-state index contributed by atoms with van der Waals surface area (Å²) in [5, 5.41) is 18.3. The fraction of sp³-hybridized carbons (Fsp3) is 0.350. The van der Waals surface area contributed by atoms with Gasteiger partial charge in [0.15, 0.2) is 0 Å². The first-order valence-corrected chi connectivity index (χ1v) is 8.39. The highest BCUT2D eigenvalue weighted by molar-refractivity contribution is 5.36. The van der Waals surface area contributed by atoms with Crippen molar-refractivity contribution in [3.63, 3.8) is 0 Å². The quantitative estimate of drug-likeness (QED) is 0.915. The summed E-state index contributed by atoms with van der Waals surface area (Å²) >= 11 is 0. The van der Waals surface area contributed by atoms with Crippen LogP contribution in [0.5, 0.6) is 11.5 Å². The van der Waals surface area contributed by atoms with Gasteiger partial charge in [0.05, 0.1) is 11.6 Å². The van der Waals surface area contributed by atoms with Crippen LogP contribution in [0.1, 0.15) is 29.9 Å². The SMILES string of the molecule is N#Cc1cccc(OCCN2CCC(c3ccc(O)cc3)CC2)c1. The Labute approximate surface area is 142 Å². The van der Waals surface area contributed by atoms with E-state index in [1.54, 1.807) is 24.3 Å². The summed E-state index contributed by atoms with van der Waals surface area (Å²) in [6, 6.07) is 17.0. The fourth-order valence-corrected chi connectivity index (χ4v) is 3.18. The van der Waals surface area contributed by atoms with Crippen molar-refractivity contribution in [3.05, 3.63) is 59.7 Å². The van der Waals surface area contributed by atoms with Crippen LogP contribution in [0.3, 0.4) is 0 Å². The Balaban J connectivity index is 1.42. The van der Waals surface area contributed by atoms with E-state index in [0.717, 1.165) is 38.2 Å². The van der Waals surface area contributed by atoms with Gasteiger partial charge < -0.3 is 9.84 Å². The molecule has 4 heteroatoms. The lowest BCUT2D eigenvalue weighted by atomic mass is 9.89. The summed E-state index contributed by atoms with van der Waals surface area (Å²) in [6.07, 6.45) is 2.27. The standard InChI is InChI=1S/C20H22N2O2/c21-15-16-2-1-3-20(14-16)24-13-12-22-10-8-18(9-11-22)17-4-6-19(23)7-5-17/h1-7,14,18,23H,8-13H2. The average Bonchev–Trinajstić information content (AvgIpc) is 2.63. The zero-order valence-electron chi connectivity index (χ0n) is 13.7. The molecular weight excluding hydrogens is 300 g/mol. The second-order valence-corrected chi connectivity index (χ2v) is 6.20. The molecule has 124 valence electrons. The molecule has 2 aromatic rings. The lowest BCUT2D eigenvalue weighted by Gasteiger charge is -2.32. The molecule has 3 rings (SSSR count). The largest absolute Gasteiger partial charge is 0.508 e. The summed E-state index contributed by atoms with van der Waals surface area (Å²) in [6.45, 7) is 3.66. The van der Waals surface area contributed by atoms with E-state index in [0.29, 0.717) is 23.8 Å². The molecule has 0 saturated carbocycles. The van der Waals surface area contributed by atoms with Crippen molar-refractivity contribution in [3.8, 4) is 17.6 Å². The Bertz CT molecular complexity index is 698. The molecule has 1 N–H and O–H groups in total. The maximum Gasteiger partial charge on any atom is 0.120 e. The van der Waals surface area contributed by atoms with Crippen molar-refractivity contribution < 1.29 is 9.84 Å². The Kier molecular flexibility index (Phi) is 5.35. The number of rotatable bonds is 5. The number of likely N-dealkylation sites (tertiary alicyclic amines) is 1. The van der Waals surface area contributed by atoms with Gasteiger partial charge in [0.2, 0.25) is 0 Å². The van der Waals surface area contributed by atoms with Crippen LogP contribution in [0.4, 0.5) is 0 Å². The second-order valence-electron chi connectivity index (χ2n) is 6.20. The summed E-state index contributed by atoms with van der Waals surface area (Å²) in [5.74, 6) is 1.66. The zero-order valence-corrected chi connectivity index (χ0v) is 13.7. The van der Waals surface area contributed by atoms with Crippen LogP contribution in [0.25, 0.3) is 0 Å². The minimum Gasteiger partial charge on any atom is -0.508 e. The zero-order chi connectivity index (χ0) is 16.8. The Hall–Kier alpha value is -2.51. The molecule has 2 aromatic carbocycles. The summed E-state index contributed by atoms with van der Waals surface area (Å²) in [4.78, 5) is 2.42. The number of nitrogens with zero attached hydrogens (tertiary/aromatic N) is 2. The number of aromatic hydroxyl groups is 1. The maximum atomic E-state index is 9.38. The van der Waals surface area contributed by atoms with Crippen molar-refractivity contribution in [2.75, 3.05) is 26.2 Å². The van der Waals surface area contributed by atoms with Crippen LogP contribution in [-0.2, 0) is 0 Å². The smallest absolute Gasteiger partial charge is 0.120 e. The molecule has 1 saturated heterocycles. The van der Waals surface area contributed by atoms with E-state index in [2.05, 4.69) is 11.0 Å². The molecule has 4 nitrogen and oxygen atoms in total. The normalized spacial score (nSPS) is 15.8. The first kappa shape index (κ1) is 16.4. The lowest BCUT2D eigenvalue weighted by Crippen LogP contribution is -2.35. The molecule has 1 aliphatic heterocycles. The van der Waals surface area contributed by atoms with E-state index in [4.69, 9.17) is 10.00 Å². The van der Waals surface area contributed by atoms with Gasteiger partial charge in [0, 0.05) is 6.54 Å². The van der Waals surface area contributed by atoms with Crippen molar-refractivity contribution in [1.82, 2.24) is 4.90 Å². The molecular formula is C20H22N2O2. The molecule has 0 radical (unpaired) electrons. The van der Waals surface area contributed by atoms with Gasteiger partial charge >= 0.3 is 0 Å². The Morgan fingerprint density at radius 2 is 1.88 bits per heavy atom. The van der Waals surface area contributed by atoms with E-state index >= 15 is 0 Å². The maximum absolute atomic E-state index is 9.38. The minimum absolute atomic E-state index is 0.328. The third kappa shape index (κ3) is 4.27. The number of nitriles is 1. The number of phenolic OH excluding ortho intramolecular Hbond substituents is 1. The summed E-state index contributed by atoms with van der Waals surface area (Å²) < 4.78 is 5.76. The number of hydrogen-bond donors (Lipinski definition) is 1. The van der Waals surface area contributed by atoms with E-state index in [-0.39, 0.29) is 0 Å². The monoisotopic (exact) mass is 322 g/mol. The molecule has 0 spiro atoms. The highest BCUT2D eigenvalue weighted by Gasteiger charge is 2.20. The van der Waals surface area contributed by atoms with Gasteiger partial charge in [-0.3, -0.25) is 4.90 Å². The van der Waals surface area contributed by atoms with Gasteiger partial charge in [-0.15, -0.1) is 0 Å². The van der Waals surface area contributed by atoms with Crippen molar-refractivity contribution in [2.24, 2.45) is 0 Å². The van der Waals surface area contributed by atoms with E-state index in [1.807, 2.05) is 24.3 Å². The first-order valence-electron chi connectivity index (χ1n) is 8.39. The van der Waals surface area contributed by atoms with Crippen LogP contribution in [-0.4, -0.2) is 36.2 Å². The number of phenols is 1. The molecule has 1 aliphatic rings. The highest BCUT2D eigenvalue weighted by Crippen LogP contribution is 2.28. The van der Waals surface area contributed by atoms with Crippen LogP contribution in [0, 0.1) is 11.3 Å². The fourth-order valence-electron chi connectivity index (χ4n) is 3.18. The number of hydrogen-bond acceptors (Lipinski definition) is 4. The van der Waals surface area contributed by atoms with Gasteiger partial charge in [-0.05, 0) is 67.7 Å². The molecule has 0 aliphatic carbocycles. The van der Waals surface area contributed by atoms with Crippen LogP contribution in [0.15, 0.2) is 48.5 Å². The van der Waals surface area contributed by atoms with Gasteiger partial charge in [-0.1, -0.05) is 18.2 Å². The van der Waals surface area contributed by atoms with Gasteiger partial charge in [-0.25, -0.2) is 0 Å². The molecule has 0 amide bonds. The van der Waals surface area contributed by atoms with Gasteiger partial charge in [-0.2, -0.15) is 5.26 Å². The third-order valence-electron chi connectivity index (χ3n) is 4.59. The van der Waals surface area contributed by atoms with Crippen LogP contribution >= 0.6 is 0 Å². The molecule has 1 fully saturated rings. The average molecular weight is 322 g/mol. The van der Waals surface area contributed by atoms with Crippen molar-refractivity contribution in [2.45, 2.75) is 18.8 Å². The van der Waals surface area contributed by atoms with E-state index < -0.39 is 0 Å². The van der Waals surface area contributed by atoms with Crippen LogP contribution in [0.2, 0.25) is 0 Å². The van der Waals surface area contributed by atoms with Gasteiger partial charge in [0.1, 0.15) is 18.1 Å². The third-order valence-corrected chi connectivity index (χ3v) is 4.59. The van der Waals surface area contributed by atoms with Gasteiger partial charge in [0.25, 0.3) is 0 Å². The molecule has 0 atom stereocenters. The molecule has 0 bridgehead atoms. The second kappa shape index (κ2) is 7.85. The number of benzene rings is 2. The Morgan fingerprint density at radius 1 is 1.12 bits per heavy atom. The van der Waals surface area contributed by atoms with Crippen molar-refractivity contribution in [1.29, 1.82) is 5.26 Å². The highest BCUT2D eigenvalue weighted by atomic mass is 16.5. The van der Waals surface area contributed by atoms with Crippen molar-refractivity contribution >= 4 is 0 Å². The first-order chi connectivity index (χ1) is 11.7. The molecule has 0 aromatic heterocycles.